The second-order valence-electron chi connectivity index (χ2n) is 2.95. The molecule has 3 heteroatoms. The zero-order valence-corrected chi connectivity index (χ0v) is 8.64. The van der Waals surface area contributed by atoms with Crippen molar-refractivity contribution in [2.75, 3.05) is 6.26 Å². The monoisotopic (exact) mass is 202 g/mol. The van der Waals surface area contributed by atoms with Crippen LogP contribution in [0.3, 0.4) is 0 Å². The zero-order chi connectivity index (χ0) is 9.97. The van der Waals surface area contributed by atoms with Crippen LogP contribution in [0.25, 0.3) is 10.8 Å². The standard InChI is InChI=1S/C11H10N2S/c1-14-11(12)10-6-8-4-2-3-5-9(8)7-13-10/h2-7,12H,1H3. The van der Waals surface area contributed by atoms with Gasteiger partial charge in [0.25, 0.3) is 0 Å². The quantitative estimate of drug-likeness (QED) is 0.570. The predicted octanol–water partition coefficient (Wildman–Crippen LogP) is 2.92. The number of rotatable bonds is 1. The predicted molar refractivity (Wildman–Crippen MR) is 62.1 cm³/mol. The van der Waals surface area contributed by atoms with Crippen LogP contribution in [-0.2, 0) is 0 Å². The molecule has 1 heterocycles. The summed E-state index contributed by atoms with van der Waals surface area (Å²) in [5.74, 6) is 0. The number of fused-ring (bicyclic) bond motifs is 1. The van der Waals surface area contributed by atoms with E-state index in [0.717, 1.165) is 16.5 Å². The lowest BCUT2D eigenvalue weighted by molar-refractivity contribution is 1.32. The van der Waals surface area contributed by atoms with Gasteiger partial charge in [0.1, 0.15) is 5.04 Å². The van der Waals surface area contributed by atoms with Crippen LogP contribution in [-0.4, -0.2) is 16.3 Å². The molecule has 0 atom stereocenters. The van der Waals surface area contributed by atoms with Crippen molar-refractivity contribution in [1.82, 2.24) is 4.98 Å². The van der Waals surface area contributed by atoms with Gasteiger partial charge in [-0.1, -0.05) is 24.3 Å². The summed E-state index contributed by atoms with van der Waals surface area (Å²) in [5.41, 5.74) is 0.746. The largest absolute Gasteiger partial charge is 0.292 e. The molecule has 70 valence electrons. The van der Waals surface area contributed by atoms with Crippen LogP contribution < -0.4 is 0 Å². The highest BCUT2D eigenvalue weighted by atomic mass is 32.2. The van der Waals surface area contributed by atoms with E-state index in [2.05, 4.69) is 4.98 Å². The van der Waals surface area contributed by atoms with Crippen LogP contribution in [0.1, 0.15) is 5.69 Å². The van der Waals surface area contributed by atoms with Gasteiger partial charge >= 0.3 is 0 Å². The topological polar surface area (TPSA) is 36.7 Å². The number of hydrogen-bond donors (Lipinski definition) is 1. The van der Waals surface area contributed by atoms with Crippen LogP contribution in [0.4, 0.5) is 0 Å². The Kier molecular flexibility index (Phi) is 2.50. The molecule has 0 aliphatic heterocycles. The Labute approximate surface area is 86.9 Å². The van der Waals surface area contributed by atoms with Crippen molar-refractivity contribution in [3.05, 3.63) is 42.2 Å². The second-order valence-corrected chi connectivity index (χ2v) is 3.77. The normalized spacial score (nSPS) is 10.4. The molecular formula is C11H10N2S. The van der Waals surface area contributed by atoms with Crippen LogP contribution in [0.2, 0.25) is 0 Å². The second kappa shape index (κ2) is 3.80. The maximum absolute atomic E-state index is 7.65. The third kappa shape index (κ3) is 1.63. The van der Waals surface area contributed by atoms with E-state index in [1.165, 1.54) is 11.8 Å². The van der Waals surface area contributed by atoms with Crippen molar-refractivity contribution in [1.29, 1.82) is 5.41 Å². The van der Waals surface area contributed by atoms with Crippen LogP contribution in [0.15, 0.2) is 36.5 Å². The first kappa shape index (κ1) is 9.21. The van der Waals surface area contributed by atoms with Gasteiger partial charge in [-0.3, -0.25) is 10.4 Å². The van der Waals surface area contributed by atoms with Gasteiger partial charge in [-0.05, 0) is 17.7 Å². The molecule has 0 spiro atoms. The minimum atomic E-state index is 0.510. The van der Waals surface area contributed by atoms with E-state index in [1.807, 2.05) is 42.8 Å². The summed E-state index contributed by atoms with van der Waals surface area (Å²) in [6, 6.07) is 10.00. The minimum absolute atomic E-state index is 0.510. The van der Waals surface area contributed by atoms with Crippen LogP contribution in [0.5, 0.6) is 0 Å². The average molecular weight is 202 g/mol. The summed E-state index contributed by atoms with van der Waals surface area (Å²) in [5, 5.41) is 10.4. The Morgan fingerprint density at radius 3 is 2.71 bits per heavy atom. The van der Waals surface area contributed by atoms with Crippen LogP contribution >= 0.6 is 11.8 Å². The Bertz CT molecular complexity index is 479. The van der Waals surface area contributed by atoms with Gasteiger partial charge in [-0.25, -0.2) is 0 Å². The molecule has 2 aromatic rings. The minimum Gasteiger partial charge on any atom is -0.292 e. The highest BCUT2D eigenvalue weighted by Crippen LogP contribution is 2.15. The number of nitrogens with zero attached hydrogens (tertiary/aromatic N) is 1. The third-order valence-electron chi connectivity index (χ3n) is 2.07. The summed E-state index contributed by atoms with van der Waals surface area (Å²) in [6.45, 7) is 0. The summed E-state index contributed by atoms with van der Waals surface area (Å²) >= 11 is 1.41. The number of hydrogen-bond acceptors (Lipinski definition) is 3. The molecule has 0 amide bonds. The Hall–Kier alpha value is -1.35. The summed E-state index contributed by atoms with van der Waals surface area (Å²) in [4.78, 5) is 4.23. The third-order valence-corrected chi connectivity index (χ3v) is 2.69. The highest BCUT2D eigenvalue weighted by Gasteiger charge is 2.01. The van der Waals surface area contributed by atoms with Gasteiger partial charge < -0.3 is 0 Å². The number of pyridine rings is 1. The number of thioether (sulfide) groups is 1. The maximum atomic E-state index is 7.65. The Morgan fingerprint density at radius 1 is 1.29 bits per heavy atom. The smallest absolute Gasteiger partial charge is 0.113 e. The molecule has 1 aromatic heterocycles. The molecule has 1 aromatic carbocycles. The first-order chi connectivity index (χ1) is 6.81. The highest BCUT2D eigenvalue weighted by molar-refractivity contribution is 8.13. The van der Waals surface area contributed by atoms with Crippen molar-refractivity contribution in [3.8, 4) is 0 Å². The van der Waals surface area contributed by atoms with Gasteiger partial charge in [0.15, 0.2) is 0 Å². The average Bonchev–Trinajstić information content (AvgIpc) is 2.27. The maximum Gasteiger partial charge on any atom is 0.113 e. The molecule has 2 nitrogen and oxygen atoms in total. The molecule has 0 fully saturated rings. The fourth-order valence-corrected chi connectivity index (χ4v) is 1.63. The molecule has 0 aliphatic rings. The van der Waals surface area contributed by atoms with Crippen molar-refractivity contribution in [2.24, 2.45) is 0 Å². The van der Waals surface area contributed by atoms with E-state index in [9.17, 15) is 0 Å². The Balaban J connectivity index is 2.56. The zero-order valence-electron chi connectivity index (χ0n) is 7.82. The summed E-state index contributed by atoms with van der Waals surface area (Å²) in [7, 11) is 0. The molecule has 14 heavy (non-hydrogen) atoms. The molecule has 0 aliphatic carbocycles. The van der Waals surface area contributed by atoms with Gasteiger partial charge in [0.05, 0.1) is 5.69 Å². The molecule has 1 N–H and O–H groups in total. The van der Waals surface area contributed by atoms with E-state index in [0.29, 0.717) is 5.04 Å². The van der Waals surface area contributed by atoms with E-state index < -0.39 is 0 Å². The first-order valence-corrected chi connectivity index (χ1v) is 5.51. The molecular weight excluding hydrogens is 192 g/mol. The van der Waals surface area contributed by atoms with E-state index in [-0.39, 0.29) is 0 Å². The van der Waals surface area contributed by atoms with Crippen molar-refractivity contribution in [3.63, 3.8) is 0 Å². The van der Waals surface area contributed by atoms with Crippen molar-refractivity contribution in [2.45, 2.75) is 0 Å². The summed E-state index contributed by atoms with van der Waals surface area (Å²) in [6.07, 6.45) is 3.70. The van der Waals surface area contributed by atoms with Gasteiger partial charge in [-0.15, -0.1) is 11.8 Å². The van der Waals surface area contributed by atoms with E-state index >= 15 is 0 Å². The van der Waals surface area contributed by atoms with Crippen molar-refractivity contribution < 1.29 is 0 Å². The van der Waals surface area contributed by atoms with Gasteiger partial charge in [-0.2, -0.15) is 0 Å². The van der Waals surface area contributed by atoms with Crippen LogP contribution in [0, 0.1) is 5.41 Å². The molecule has 0 saturated heterocycles. The lowest BCUT2D eigenvalue weighted by Gasteiger charge is -2.01. The van der Waals surface area contributed by atoms with Crippen molar-refractivity contribution >= 4 is 27.6 Å². The molecule has 0 saturated carbocycles. The lowest BCUT2D eigenvalue weighted by Crippen LogP contribution is -1.95. The molecule has 0 bridgehead atoms. The lowest BCUT2D eigenvalue weighted by atomic mass is 10.1. The SMILES string of the molecule is CSC(=N)c1cc2ccccc2cn1. The molecule has 2 rings (SSSR count). The molecule has 0 unspecified atom stereocenters. The number of benzene rings is 1. The fraction of sp³-hybridized carbons (Fsp3) is 0.0909. The Morgan fingerprint density at radius 2 is 2.00 bits per heavy atom. The van der Waals surface area contributed by atoms with Gasteiger partial charge in [0, 0.05) is 11.6 Å². The molecule has 0 radical (unpaired) electrons. The van der Waals surface area contributed by atoms with E-state index in [4.69, 9.17) is 5.41 Å². The number of aromatic nitrogens is 1. The number of nitrogens with one attached hydrogen (secondary N) is 1. The fourth-order valence-electron chi connectivity index (χ4n) is 1.31. The van der Waals surface area contributed by atoms with Gasteiger partial charge in [0.2, 0.25) is 0 Å². The first-order valence-electron chi connectivity index (χ1n) is 4.29. The summed E-state index contributed by atoms with van der Waals surface area (Å²) < 4.78 is 0. The van der Waals surface area contributed by atoms with E-state index in [1.54, 1.807) is 0 Å².